The van der Waals surface area contributed by atoms with Crippen molar-refractivity contribution < 1.29 is 9.53 Å². The first kappa shape index (κ1) is 13.6. The van der Waals surface area contributed by atoms with Gasteiger partial charge in [-0.25, -0.2) is 0 Å². The Morgan fingerprint density at radius 2 is 2.20 bits per heavy atom. The molecule has 3 rings (SSSR count). The van der Waals surface area contributed by atoms with Crippen LogP contribution in [0.1, 0.15) is 43.1 Å². The summed E-state index contributed by atoms with van der Waals surface area (Å²) >= 11 is 0. The van der Waals surface area contributed by atoms with E-state index < -0.39 is 0 Å². The number of carbonyl (C=O) groups is 1. The van der Waals surface area contributed by atoms with Crippen molar-refractivity contribution in [1.29, 1.82) is 0 Å². The van der Waals surface area contributed by atoms with Crippen molar-refractivity contribution in [3.63, 3.8) is 0 Å². The summed E-state index contributed by atoms with van der Waals surface area (Å²) in [5, 5.41) is 4.18. The molecule has 0 bridgehead atoms. The molecule has 2 fully saturated rings. The molecule has 1 spiro atoms. The minimum absolute atomic E-state index is 0.118. The van der Waals surface area contributed by atoms with E-state index in [-0.39, 0.29) is 5.91 Å². The van der Waals surface area contributed by atoms with Gasteiger partial charge in [0.1, 0.15) is 5.69 Å². The molecule has 1 aromatic heterocycles. The molecular weight excluding hydrogens is 254 g/mol. The van der Waals surface area contributed by atoms with Crippen LogP contribution in [-0.2, 0) is 11.3 Å². The van der Waals surface area contributed by atoms with Crippen molar-refractivity contribution in [2.75, 3.05) is 20.2 Å². The average molecular weight is 277 g/mol. The molecular formula is C15H23N3O2. The monoisotopic (exact) mass is 277 g/mol. The van der Waals surface area contributed by atoms with Crippen LogP contribution in [0.4, 0.5) is 0 Å². The number of ether oxygens (including phenoxy) is 1. The predicted molar refractivity (Wildman–Crippen MR) is 75.5 cm³/mol. The fourth-order valence-corrected chi connectivity index (χ4v) is 3.69. The molecule has 5 heteroatoms. The van der Waals surface area contributed by atoms with Gasteiger partial charge < -0.3 is 9.64 Å². The number of aromatic nitrogens is 2. The number of carbonyl (C=O) groups excluding carboxylic acids is 1. The van der Waals surface area contributed by atoms with Gasteiger partial charge in [-0.1, -0.05) is 0 Å². The van der Waals surface area contributed by atoms with Gasteiger partial charge in [0.15, 0.2) is 0 Å². The quantitative estimate of drug-likeness (QED) is 0.848. The molecule has 0 aromatic carbocycles. The number of hydrogen-bond acceptors (Lipinski definition) is 3. The molecule has 1 atom stereocenters. The normalized spacial score (nSPS) is 24.7. The second-order valence-electron chi connectivity index (χ2n) is 5.95. The summed E-state index contributed by atoms with van der Waals surface area (Å²) in [6.07, 6.45) is 6.67. The number of rotatable bonds is 3. The maximum atomic E-state index is 12.5. The van der Waals surface area contributed by atoms with E-state index in [0.717, 1.165) is 32.5 Å². The fourth-order valence-electron chi connectivity index (χ4n) is 3.69. The van der Waals surface area contributed by atoms with Gasteiger partial charge in [0.2, 0.25) is 0 Å². The Morgan fingerprint density at radius 3 is 2.75 bits per heavy atom. The van der Waals surface area contributed by atoms with Crippen molar-refractivity contribution in [1.82, 2.24) is 14.7 Å². The molecule has 1 aliphatic heterocycles. The largest absolute Gasteiger partial charge is 0.381 e. The zero-order chi connectivity index (χ0) is 14.2. The summed E-state index contributed by atoms with van der Waals surface area (Å²) < 4.78 is 7.34. The smallest absolute Gasteiger partial charge is 0.272 e. The maximum absolute atomic E-state index is 12.5. The number of likely N-dealkylation sites (tertiary alicyclic amines) is 1. The third-order valence-corrected chi connectivity index (χ3v) is 5.15. The maximum Gasteiger partial charge on any atom is 0.272 e. The summed E-state index contributed by atoms with van der Waals surface area (Å²) in [6, 6.07) is 1.82. The molecule has 1 saturated carbocycles. The highest BCUT2D eigenvalue weighted by molar-refractivity contribution is 5.92. The fraction of sp³-hybridized carbons (Fsp3) is 0.733. The van der Waals surface area contributed by atoms with Crippen LogP contribution >= 0.6 is 0 Å². The van der Waals surface area contributed by atoms with Crippen LogP contribution in [0.3, 0.4) is 0 Å². The van der Waals surface area contributed by atoms with Gasteiger partial charge in [-0.3, -0.25) is 9.48 Å². The van der Waals surface area contributed by atoms with E-state index in [1.165, 1.54) is 12.8 Å². The Hall–Kier alpha value is -1.36. The van der Waals surface area contributed by atoms with Gasteiger partial charge in [-0.15, -0.1) is 0 Å². The molecule has 0 N–H and O–H groups in total. The highest BCUT2D eigenvalue weighted by Gasteiger charge is 2.49. The Kier molecular flexibility index (Phi) is 3.54. The number of piperidine rings is 1. The number of hydrogen-bond donors (Lipinski definition) is 0. The van der Waals surface area contributed by atoms with Crippen molar-refractivity contribution in [3.8, 4) is 0 Å². The van der Waals surface area contributed by atoms with E-state index in [0.29, 0.717) is 17.2 Å². The first-order chi connectivity index (χ1) is 9.70. The van der Waals surface area contributed by atoms with E-state index in [2.05, 4.69) is 5.10 Å². The number of methoxy groups -OCH3 is 1. The number of aryl methyl sites for hydroxylation is 1. The van der Waals surface area contributed by atoms with E-state index >= 15 is 0 Å². The van der Waals surface area contributed by atoms with Crippen LogP contribution in [0.25, 0.3) is 0 Å². The standard InChI is InChI=1S/C15H23N3O2/c1-3-18-12(5-9-16-18)14(19)17-10-7-15(8-11-17)6-4-13(15)20-2/h5,9,13H,3-4,6-8,10-11H2,1-2H3/t13-/m0/s1. The second kappa shape index (κ2) is 5.20. The Bertz CT molecular complexity index is 487. The third kappa shape index (κ3) is 2.04. The van der Waals surface area contributed by atoms with Gasteiger partial charge in [0.05, 0.1) is 6.10 Å². The van der Waals surface area contributed by atoms with Gasteiger partial charge >= 0.3 is 0 Å². The lowest BCUT2D eigenvalue weighted by molar-refractivity contribution is -0.116. The van der Waals surface area contributed by atoms with Crippen molar-refractivity contribution in [3.05, 3.63) is 18.0 Å². The lowest BCUT2D eigenvalue weighted by Gasteiger charge is -2.53. The summed E-state index contributed by atoms with van der Waals surface area (Å²) in [7, 11) is 1.81. The Morgan fingerprint density at radius 1 is 1.45 bits per heavy atom. The SMILES string of the molecule is CCn1nccc1C(=O)N1CCC2(CC[C@@H]2OC)CC1. The summed E-state index contributed by atoms with van der Waals surface area (Å²) in [6.45, 7) is 4.42. The minimum Gasteiger partial charge on any atom is -0.381 e. The minimum atomic E-state index is 0.118. The average Bonchev–Trinajstić information content (AvgIpc) is 2.94. The lowest BCUT2D eigenvalue weighted by Crippen LogP contribution is -2.54. The van der Waals surface area contributed by atoms with Crippen molar-refractivity contribution in [2.45, 2.75) is 45.3 Å². The molecule has 1 aromatic rings. The van der Waals surface area contributed by atoms with Crippen LogP contribution in [0.15, 0.2) is 12.3 Å². The van der Waals surface area contributed by atoms with Crippen LogP contribution in [-0.4, -0.2) is 46.9 Å². The van der Waals surface area contributed by atoms with Crippen LogP contribution in [0, 0.1) is 5.41 Å². The molecule has 20 heavy (non-hydrogen) atoms. The van der Waals surface area contributed by atoms with Gasteiger partial charge in [-0.05, 0) is 38.7 Å². The predicted octanol–water partition coefficient (Wildman–Crippen LogP) is 1.93. The van der Waals surface area contributed by atoms with Gasteiger partial charge in [0, 0.05) is 38.4 Å². The molecule has 1 amide bonds. The number of amides is 1. The van der Waals surface area contributed by atoms with Crippen molar-refractivity contribution >= 4 is 5.91 Å². The molecule has 5 nitrogen and oxygen atoms in total. The Balaban J connectivity index is 1.65. The topological polar surface area (TPSA) is 47.4 Å². The van der Waals surface area contributed by atoms with Gasteiger partial charge in [-0.2, -0.15) is 5.10 Å². The highest BCUT2D eigenvalue weighted by atomic mass is 16.5. The zero-order valence-corrected chi connectivity index (χ0v) is 12.3. The molecule has 2 aliphatic rings. The molecule has 0 radical (unpaired) electrons. The summed E-state index contributed by atoms with van der Waals surface area (Å²) in [5.74, 6) is 0.118. The molecule has 1 saturated heterocycles. The molecule has 1 aliphatic carbocycles. The van der Waals surface area contributed by atoms with Crippen LogP contribution in [0.5, 0.6) is 0 Å². The van der Waals surface area contributed by atoms with E-state index in [1.807, 2.05) is 25.0 Å². The second-order valence-corrected chi connectivity index (χ2v) is 5.95. The lowest BCUT2D eigenvalue weighted by atomic mass is 9.61. The third-order valence-electron chi connectivity index (χ3n) is 5.15. The Labute approximate surface area is 119 Å². The van der Waals surface area contributed by atoms with Crippen LogP contribution < -0.4 is 0 Å². The molecule has 110 valence electrons. The first-order valence-electron chi connectivity index (χ1n) is 7.54. The highest BCUT2D eigenvalue weighted by Crippen LogP contribution is 2.50. The summed E-state index contributed by atoms with van der Waals surface area (Å²) in [5.41, 5.74) is 1.05. The number of nitrogens with zero attached hydrogens (tertiary/aromatic N) is 3. The van der Waals surface area contributed by atoms with Crippen LogP contribution in [0.2, 0.25) is 0 Å². The molecule has 2 heterocycles. The zero-order valence-electron chi connectivity index (χ0n) is 12.3. The van der Waals surface area contributed by atoms with E-state index in [1.54, 1.807) is 10.9 Å². The summed E-state index contributed by atoms with van der Waals surface area (Å²) in [4.78, 5) is 14.5. The molecule has 0 unspecified atom stereocenters. The van der Waals surface area contributed by atoms with Gasteiger partial charge in [0.25, 0.3) is 5.91 Å². The van der Waals surface area contributed by atoms with Crippen molar-refractivity contribution in [2.24, 2.45) is 5.41 Å². The van der Waals surface area contributed by atoms with E-state index in [4.69, 9.17) is 4.74 Å². The van der Waals surface area contributed by atoms with E-state index in [9.17, 15) is 4.79 Å². The first-order valence-corrected chi connectivity index (χ1v) is 7.54.